The summed E-state index contributed by atoms with van der Waals surface area (Å²) in [7, 11) is 1.65. The minimum atomic E-state index is 0.0683. The van der Waals surface area contributed by atoms with E-state index in [-0.39, 0.29) is 11.9 Å². The number of carbonyl (C=O) groups is 1. The molecule has 19 heavy (non-hydrogen) atoms. The molecule has 2 aliphatic heterocycles. The van der Waals surface area contributed by atoms with Crippen LogP contribution in [0.4, 0.5) is 0 Å². The van der Waals surface area contributed by atoms with Crippen LogP contribution < -0.4 is 10.6 Å². The highest BCUT2D eigenvalue weighted by molar-refractivity contribution is 5.78. The van der Waals surface area contributed by atoms with Gasteiger partial charge in [0.15, 0.2) is 0 Å². The van der Waals surface area contributed by atoms with Crippen molar-refractivity contribution in [2.45, 2.75) is 50.7 Å². The average Bonchev–Trinajstić information content (AvgIpc) is 2.80. The zero-order valence-electron chi connectivity index (χ0n) is 12.2. The minimum absolute atomic E-state index is 0.0683. The Kier molecular flexibility index (Phi) is 5.60. The molecule has 0 aromatic carbocycles. The predicted molar refractivity (Wildman–Crippen MR) is 75.1 cm³/mol. The van der Waals surface area contributed by atoms with Crippen LogP contribution in [0, 0.1) is 0 Å². The Balaban J connectivity index is 1.69. The summed E-state index contributed by atoms with van der Waals surface area (Å²) in [4.78, 5) is 14.4. The van der Waals surface area contributed by atoms with E-state index in [4.69, 9.17) is 4.74 Å². The molecule has 2 fully saturated rings. The number of ether oxygens (including phenoxy) is 1. The first-order valence-corrected chi connectivity index (χ1v) is 7.46. The largest absolute Gasteiger partial charge is 0.383 e. The first-order valence-electron chi connectivity index (χ1n) is 7.46. The third-order valence-electron chi connectivity index (χ3n) is 4.20. The van der Waals surface area contributed by atoms with Gasteiger partial charge in [-0.25, -0.2) is 0 Å². The van der Waals surface area contributed by atoms with Gasteiger partial charge < -0.3 is 15.4 Å². The van der Waals surface area contributed by atoms with Crippen molar-refractivity contribution >= 4 is 5.91 Å². The lowest BCUT2D eigenvalue weighted by Crippen LogP contribution is -2.48. The van der Waals surface area contributed by atoms with E-state index in [1.807, 2.05) is 6.92 Å². The van der Waals surface area contributed by atoms with Crippen LogP contribution in [0.1, 0.15) is 32.6 Å². The molecule has 1 amide bonds. The molecule has 110 valence electrons. The van der Waals surface area contributed by atoms with Gasteiger partial charge in [-0.1, -0.05) is 6.42 Å². The first kappa shape index (κ1) is 14.8. The molecular formula is C14H27N3O2. The van der Waals surface area contributed by atoms with E-state index in [0.29, 0.717) is 25.2 Å². The smallest absolute Gasteiger partial charge is 0.234 e. The number of rotatable bonds is 6. The molecule has 5 nitrogen and oxygen atoms in total. The maximum Gasteiger partial charge on any atom is 0.234 e. The van der Waals surface area contributed by atoms with E-state index >= 15 is 0 Å². The number of nitrogens with zero attached hydrogens (tertiary/aromatic N) is 1. The van der Waals surface area contributed by atoms with Crippen LogP contribution in [-0.2, 0) is 9.53 Å². The zero-order chi connectivity index (χ0) is 13.7. The topological polar surface area (TPSA) is 53.6 Å². The summed E-state index contributed by atoms with van der Waals surface area (Å²) in [6, 6.07) is 1.22. The lowest BCUT2D eigenvalue weighted by molar-refractivity contribution is -0.121. The molecule has 0 saturated carbocycles. The van der Waals surface area contributed by atoms with Gasteiger partial charge in [0, 0.05) is 31.8 Å². The molecule has 2 aliphatic rings. The van der Waals surface area contributed by atoms with Gasteiger partial charge in [0.1, 0.15) is 0 Å². The van der Waals surface area contributed by atoms with Crippen molar-refractivity contribution in [3.8, 4) is 0 Å². The summed E-state index contributed by atoms with van der Waals surface area (Å²) >= 11 is 0. The number of piperidine rings is 1. The molecule has 0 radical (unpaired) electrons. The number of methoxy groups -OCH3 is 1. The molecule has 5 heteroatoms. The van der Waals surface area contributed by atoms with E-state index in [1.165, 1.54) is 38.8 Å². The van der Waals surface area contributed by atoms with Gasteiger partial charge in [-0.2, -0.15) is 0 Å². The molecule has 3 unspecified atom stereocenters. The van der Waals surface area contributed by atoms with Gasteiger partial charge in [-0.15, -0.1) is 0 Å². The quantitative estimate of drug-likeness (QED) is 0.731. The maximum atomic E-state index is 11.8. The Bertz CT molecular complexity index is 298. The number of carbonyl (C=O) groups excluding carboxylic acids is 1. The van der Waals surface area contributed by atoms with Gasteiger partial charge in [-0.05, 0) is 32.7 Å². The molecule has 3 atom stereocenters. The molecule has 0 bridgehead atoms. The van der Waals surface area contributed by atoms with Crippen LogP contribution in [0.5, 0.6) is 0 Å². The molecule has 2 rings (SSSR count). The molecule has 0 aromatic heterocycles. The number of fused-ring (bicyclic) bond motifs is 1. The van der Waals surface area contributed by atoms with Crippen LogP contribution >= 0.6 is 0 Å². The Morgan fingerprint density at radius 1 is 1.37 bits per heavy atom. The van der Waals surface area contributed by atoms with Crippen LogP contribution in [-0.4, -0.2) is 62.3 Å². The molecule has 0 aromatic rings. The fraction of sp³-hybridized carbons (Fsp3) is 0.929. The van der Waals surface area contributed by atoms with Crippen molar-refractivity contribution < 1.29 is 9.53 Å². The molecule has 2 saturated heterocycles. The predicted octanol–water partition coefficient (Wildman–Crippen LogP) is 0.354. The standard InChI is InChI=1S/C14H27N3O2/c1-11(10-19-2)16-14(18)9-15-12-6-8-17-7-4-3-5-13(12)17/h11-13,15H,3-10H2,1-2H3,(H,16,18). The third-order valence-corrected chi connectivity index (χ3v) is 4.20. The number of hydrogen-bond donors (Lipinski definition) is 2. The van der Waals surface area contributed by atoms with Gasteiger partial charge >= 0.3 is 0 Å². The van der Waals surface area contributed by atoms with E-state index in [1.54, 1.807) is 7.11 Å². The highest BCUT2D eigenvalue weighted by Crippen LogP contribution is 2.26. The van der Waals surface area contributed by atoms with Gasteiger partial charge in [0.05, 0.1) is 13.2 Å². The minimum Gasteiger partial charge on any atom is -0.383 e. The van der Waals surface area contributed by atoms with Crippen molar-refractivity contribution in [1.82, 2.24) is 15.5 Å². The molecule has 2 N–H and O–H groups in total. The fourth-order valence-corrected chi connectivity index (χ4v) is 3.33. The van der Waals surface area contributed by atoms with E-state index < -0.39 is 0 Å². The second kappa shape index (κ2) is 7.22. The van der Waals surface area contributed by atoms with Crippen molar-refractivity contribution in [1.29, 1.82) is 0 Å². The Morgan fingerprint density at radius 3 is 3.00 bits per heavy atom. The van der Waals surface area contributed by atoms with Crippen LogP contribution in [0.25, 0.3) is 0 Å². The van der Waals surface area contributed by atoms with E-state index in [9.17, 15) is 4.79 Å². The summed E-state index contributed by atoms with van der Waals surface area (Å²) in [6.45, 7) is 5.36. The van der Waals surface area contributed by atoms with E-state index in [2.05, 4.69) is 15.5 Å². The molecular weight excluding hydrogens is 242 g/mol. The van der Waals surface area contributed by atoms with Crippen LogP contribution in [0.15, 0.2) is 0 Å². The number of amides is 1. The molecule has 2 heterocycles. The van der Waals surface area contributed by atoms with Gasteiger partial charge in [-0.3, -0.25) is 9.69 Å². The van der Waals surface area contributed by atoms with Gasteiger partial charge in [0.25, 0.3) is 0 Å². The summed E-state index contributed by atoms with van der Waals surface area (Å²) in [5.74, 6) is 0.0683. The highest BCUT2D eigenvalue weighted by Gasteiger charge is 2.35. The fourth-order valence-electron chi connectivity index (χ4n) is 3.33. The number of hydrogen-bond acceptors (Lipinski definition) is 4. The summed E-state index contributed by atoms with van der Waals surface area (Å²) in [5.41, 5.74) is 0. The lowest BCUT2D eigenvalue weighted by Gasteiger charge is -2.32. The Labute approximate surface area is 116 Å². The summed E-state index contributed by atoms with van der Waals surface area (Å²) < 4.78 is 5.01. The van der Waals surface area contributed by atoms with Crippen molar-refractivity contribution in [2.24, 2.45) is 0 Å². The maximum absolute atomic E-state index is 11.8. The summed E-state index contributed by atoms with van der Waals surface area (Å²) in [6.07, 6.45) is 5.11. The van der Waals surface area contributed by atoms with Crippen LogP contribution in [0.3, 0.4) is 0 Å². The average molecular weight is 269 g/mol. The van der Waals surface area contributed by atoms with Crippen LogP contribution in [0.2, 0.25) is 0 Å². The highest BCUT2D eigenvalue weighted by atomic mass is 16.5. The van der Waals surface area contributed by atoms with Crippen molar-refractivity contribution in [3.05, 3.63) is 0 Å². The monoisotopic (exact) mass is 269 g/mol. The Hall–Kier alpha value is -0.650. The van der Waals surface area contributed by atoms with E-state index in [0.717, 1.165) is 0 Å². The second-order valence-electron chi connectivity index (χ2n) is 5.80. The lowest BCUT2D eigenvalue weighted by atomic mass is 9.99. The van der Waals surface area contributed by atoms with Crippen molar-refractivity contribution in [3.63, 3.8) is 0 Å². The summed E-state index contributed by atoms with van der Waals surface area (Å²) in [5, 5.41) is 6.37. The number of nitrogens with one attached hydrogen (secondary N) is 2. The molecule has 0 aliphatic carbocycles. The third kappa shape index (κ3) is 4.16. The van der Waals surface area contributed by atoms with Crippen molar-refractivity contribution in [2.75, 3.05) is 33.4 Å². The second-order valence-corrected chi connectivity index (χ2v) is 5.80. The molecule has 0 spiro atoms. The Morgan fingerprint density at radius 2 is 2.21 bits per heavy atom. The SMILES string of the molecule is COCC(C)NC(=O)CNC1CCN2CCCCC12. The normalized spacial score (nSPS) is 28.9. The van der Waals surface area contributed by atoms with Gasteiger partial charge in [0.2, 0.25) is 5.91 Å². The first-order chi connectivity index (χ1) is 9.20. The zero-order valence-corrected chi connectivity index (χ0v) is 12.2.